The second-order valence-corrected chi connectivity index (χ2v) is 16.7. The van der Waals surface area contributed by atoms with Crippen molar-refractivity contribution in [2.75, 3.05) is 13.2 Å². The molecule has 5 aromatic carbocycles. The minimum Gasteiger partial charge on any atom is -0.494 e. The molecular formula is C56H64F2O10. The van der Waals surface area contributed by atoms with E-state index in [1.54, 1.807) is 24.3 Å². The first-order chi connectivity index (χ1) is 33.1. The van der Waals surface area contributed by atoms with Gasteiger partial charge in [0.25, 0.3) is 0 Å². The van der Waals surface area contributed by atoms with Crippen molar-refractivity contribution in [2.24, 2.45) is 0 Å². The highest BCUT2D eigenvalue weighted by molar-refractivity contribution is 5.94. The van der Waals surface area contributed by atoms with E-state index >= 15 is 4.39 Å². The van der Waals surface area contributed by atoms with Crippen molar-refractivity contribution in [3.8, 4) is 34.5 Å². The van der Waals surface area contributed by atoms with Gasteiger partial charge < -0.3 is 28.4 Å². The van der Waals surface area contributed by atoms with E-state index in [0.29, 0.717) is 24.5 Å². The normalized spacial score (nSPS) is 10.9. The summed E-state index contributed by atoms with van der Waals surface area (Å²) in [5.41, 5.74) is -0.0771. The van der Waals surface area contributed by atoms with Crippen LogP contribution >= 0.6 is 0 Å². The minimum atomic E-state index is -1.07. The van der Waals surface area contributed by atoms with Crippen LogP contribution in [0, 0.1) is 11.6 Å². The number of rotatable bonds is 30. The smallest absolute Gasteiger partial charge is 0.346 e. The standard InChI is InChI=1S/C56H64F2O10/c1-3-5-7-9-11-13-14-16-17-19-36-63-44-29-24-41(25-30-44)53(59)65-45-31-26-42(27-32-45)54(60)66-46-22-21-23-47(39-46)68-56(62)49-34-33-48(40-50(49)57)67-55(61)43-28-35-52(51(58)38-43)64-37-20-18-15-12-10-8-6-4-2/h21-35,38-40H,3-20,36-37H2,1-2H3. The average Bonchev–Trinajstić information content (AvgIpc) is 3.33. The first-order valence-electron chi connectivity index (χ1n) is 24.2. The van der Waals surface area contributed by atoms with Crippen molar-refractivity contribution in [1.82, 2.24) is 0 Å². The number of benzene rings is 5. The minimum absolute atomic E-state index is 0.0202. The Hall–Kier alpha value is -6.56. The molecule has 12 heteroatoms. The highest BCUT2D eigenvalue weighted by atomic mass is 19.1. The van der Waals surface area contributed by atoms with E-state index in [0.717, 1.165) is 50.3 Å². The van der Waals surface area contributed by atoms with E-state index in [4.69, 9.17) is 28.4 Å². The molecule has 0 N–H and O–H groups in total. The van der Waals surface area contributed by atoms with Crippen LogP contribution in [-0.2, 0) is 0 Å². The lowest BCUT2D eigenvalue weighted by atomic mass is 10.1. The molecule has 0 aromatic heterocycles. The van der Waals surface area contributed by atoms with Gasteiger partial charge in [-0.1, -0.05) is 123 Å². The molecule has 0 heterocycles. The van der Waals surface area contributed by atoms with Crippen molar-refractivity contribution in [2.45, 2.75) is 129 Å². The van der Waals surface area contributed by atoms with Gasteiger partial charge in [0.1, 0.15) is 34.6 Å². The predicted molar refractivity (Wildman–Crippen MR) is 257 cm³/mol. The Morgan fingerprint density at radius 1 is 0.368 bits per heavy atom. The molecule has 5 aromatic rings. The number of unbranched alkanes of at least 4 members (excludes halogenated alkanes) is 16. The van der Waals surface area contributed by atoms with Gasteiger partial charge in [0.05, 0.1) is 35.5 Å². The third kappa shape index (κ3) is 18.3. The van der Waals surface area contributed by atoms with Gasteiger partial charge in [-0.05, 0) is 104 Å². The summed E-state index contributed by atoms with van der Waals surface area (Å²) < 4.78 is 62.8. The number of carbonyl (C=O) groups is 4. The van der Waals surface area contributed by atoms with Crippen LogP contribution in [0.5, 0.6) is 34.5 Å². The quantitative estimate of drug-likeness (QED) is 0.0250. The number of hydrogen-bond acceptors (Lipinski definition) is 10. The zero-order valence-electron chi connectivity index (χ0n) is 39.4. The van der Waals surface area contributed by atoms with Crippen molar-refractivity contribution >= 4 is 23.9 Å². The maximum absolute atomic E-state index is 15.1. The summed E-state index contributed by atoms with van der Waals surface area (Å²) in [4.78, 5) is 51.5. The molecule has 362 valence electrons. The maximum atomic E-state index is 15.1. The van der Waals surface area contributed by atoms with Gasteiger partial charge in [-0.2, -0.15) is 0 Å². The Morgan fingerprint density at radius 2 is 0.779 bits per heavy atom. The Bertz CT molecular complexity index is 2350. The summed E-state index contributed by atoms with van der Waals surface area (Å²) in [6.07, 6.45) is 21.5. The fourth-order valence-corrected chi connectivity index (χ4v) is 7.27. The van der Waals surface area contributed by atoms with Crippen LogP contribution in [0.3, 0.4) is 0 Å². The summed E-state index contributed by atoms with van der Waals surface area (Å²) in [5.74, 6) is -4.38. The molecule has 0 aliphatic heterocycles. The van der Waals surface area contributed by atoms with Gasteiger partial charge in [0.15, 0.2) is 11.6 Å². The third-order valence-corrected chi connectivity index (χ3v) is 11.2. The summed E-state index contributed by atoms with van der Waals surface area (Å²) >= 11 is 0. The molecule has 0 radical (unpaired) electrons. The molecule has 10 nitrogen and oxygen atoms in total. The Kier molecular flexibility index (Phi) is 22.5. The van der Waals surface area contributed by atoms with Gasteiger partial charge in [0, 0.05) is 12.1 Å². The molecule has 0 aliphatic rings. The van der Waals surface area contributed by atoms with Gasteiger partial charge in [-0.3, -0.25) is 0 Å². The maximum Gasteiger partial charge on any atom is 0.346 e. The fraction of sp³-hybridized carbons (Fsp3) is 0.393. The van der Waals surface area contributed by atoms with Crippen LogP contribution in [0.1, 0.15) is 171 Å². The molecule has 5 rings (SSSR count). The van der Waals surface area contributed by atoms with Gasteiger partial charge in [-0.25, -0.2) is 28.0 Å². The second kappa shape index (κ2) is 29.3. The molecule has 68 heavy (non-hydrogen) atoms. The van der Waals surface area contributed by atoms with Crippen molar-refractivity contribution < 1.29 is 56.4 Å². The Labute approximate surface area is 399 Å². The Morgan fingerprint density at radius 3 is 1.29 bits per heavy atom. The van der Waals surface area contributed by atoms with E-state index in [2.05, 4.69) is 13.8 Å². The first kappa shape index (κ1) is 52.4. The molecule has 0 atom stereocenters. The molecular weight excluding hydrogens is 871 g/mol. The van der Waals surface area contributed by atoms with Crippen molar-refractivity contribution in [1.29, 1.82) is 0 Å². The zero-order valence-corrected chi connectivity index (χ0v) is 39.4. The summed E-state index contributed by atoms with van der Waals surface area (Å²) in [7, 11) is 0. The molecule has 0 saturated heterocycles. The third-order valence-electron chi connectivity index (χ3n) is 11.2. The predicted octanol–water partition coefficient (Wildman–Crippen LogP) is 14.7. The topological polar surface area (TPSA) is 124 Å². The van der Waals surface area contributed by atoms with Crippen LogP contribution in [-0.4, -0.2) is 37.1 Å². The van der Waals surface area contributed by atoms with Gasteiger partial charge >= 0.3 is 23.9 Å². The van der Waals surface area contributed by atoms with Gasteiger partial charge in [0.2, 0.25) is 0 Å². The molecule has 0 amide bonds. The lowest BCUT2D eigenvalue weighted by molar-refractivity contribution is 0.0720. The zero-order chi connectivity index (χ0) is 48.4. The monoisotopic (exact) mass is 934 g/mol. The number of carbonyl (C=O) groups excluding carboxylic acids is 4. The molecule has 0 spiro atoms. The van der Waals surface area contributed by atoms with Crippen LogP contribution in [0.15, 0.2) is 109 Å². The van der Waals surface area contributed by atoms with E-state index in [-0.39, 0.29) is 39.9 Å². The molecule has 0 aliphatic carbocycles. The van der Waals surface area contributed by atoms with Crippen molar-refractivity contribution in [3.05, 3.63) is 143 Å². The lowest BCUT2D eigenvalue weighted by Crippen LogP contribution is -2.13. The highest BCUT2D eigenvalue weighted by Crippen LogP contribution is 2.26. The SMILES string of the molecule is CCCCCCCCCCCCOc1ccc(C(=O)Oc2ccc(C(=O)Oc3cccc(OC(=O)c4ccc(OC(=O)c5ccc(OCCCCCCCCCC)c(F)c5)cc4F)c3)cc2)cc1. The van der Waals surface area contributed by atoms with E-state index < -0.39 is 41.1 Å². The molecule has 0 fully saturated rings. The van der Waals surface area contributed by atoms with Crippen molar-refractivity contribution in [3.63, 3.8) is 0 Å². The molecule has 0 unspecified atom stereocenters. The summed E-state index contributed by atoms with van der Waals surface area (Å²) in [6.45, 7) is 5.39. The largest absolute Gasteiger partial charge is 0.494 e. The van der Waals surface area contributed by atoms with E-state index in [1.807, 2.05) is 0 Å². The van der Waals surface area contributed by atoms with Gasteiger partial charge in [-0.15, -0.1) is 0 Å². The Balaban J connectivity index is 1.02. The van der Waals surface area contributed by atoms with E-state index in [1.165, 1.54) is 150 Å². The van der Waals surface area contributed by atoms with Crippen LogP contribution in [0.4, 0.5) is 8.78 Å². The first-order valence-corrected chi connectivity index (χ1v) is 24.2. The summed E-state index contributed by atoms with van der Waals surface area (Å²) in [5, 5.41) is 0. The number of halogens is 2. The number of ether oxygens (including phenoxy) is 6. The highest BCUT2D eigenvalue weighted by Gasteiger charge is 2.19. The molecule has 0 saturated carbocycles. The second-order valence-electron chi connectivity index (χ2n) is 16.7. The van der Waals surface area contributed by atoms with Crippen LogP contribution in [0.2, 0.25) is 0 Å². The lowest BCUT2D eigenvalue weighted by Gasteiger charge is -2.10. The molecule has 0 bridgehead atoms. The number of hydrogen-bond donors (Lipinski definition) is 0. The van der Waals surface area contributed by atoms with E-state index in [9.17, 15) is 23.6 Å². The average molecular weight is 935 g/mol. The van der Waals surface area contributed by atoms with Crippen LogP contribution < -0.4 is 28.4 Å². The fourth-order valence-electron chi connectivity index (χ4n) is 7.27. The van der Waals surface area contributed by atoms with Crippen LogP contribution in [0.25, 0.3) is 0 Å². The number of esters is 4. The summed E-state index contributed by atoms with van der Waals surface area (Å²) in [6, 6.07) is 25.0.